The minimum Gasteiger partial charge on any atom is -0.352 e. The van der Waals surface area contributed by atoms with Gasteiger partial charge in [0.25, 0.3) is 0 Å². The zero-order chi connectivity index (χ0) is 18.7. The molecule has 0 spiro atoms. The Kier molecular flexibility index (Phi) is 5.35. The van der Waals surface area contributed by atoms with Gasteiger partial charge in [-0.2, -0.15) is 0 Å². The summed E-state index contributed by atoms with van der Waals surface area (Å²) in [7, 11) is 0. The summed E-state index contributed by atoms with van der Waals surface area (Å²) < 4.78 is 0. The maximum atomic E-state index is 12.6. The normalized spacial score (nSPS) is 17.0. The van der Waals surface area contributed by atoms with Crippen LogP contribution >= 0.6 is 0 Å². The lowest BCUT2D eigenvalue weighted by molar-refractivity contribution is -0.126. The van der Waals surface area contributed by atoms with Gasteiger partial charge in [0.1, 0.15) is 0 Å². The largest absolute Gasteiger partial charge is 0.352 e. The van der Waals surface area contributed by atoms with E-state index in [1.54, 1.807) is 17.3 Å². The van der Waals surface area contributed by atoms with Crippen molar-refractivity contribution in [2.24, 2.45) is 5.92 Å². The number of para-hydroxylation sites is 1. The van der Waals surface area contributed by atoms with Gasteiger partial charge in [0, 0.05) is 37.6 Å². The lowest BCUT2D eigenvalue weighted by Gasteiger charge is -2.24. The second kappa shape index (κ2) is 7.68. The molecule has 2 amide bonds. The van der Waals surface area contributed by atoms with E-state index in [0.717, 1.165) is 22.4 Å². The van der Waals surface area contributed by atoms with Crippen LogP contribution in [0.3, 0.4) is 0 Å². The summed E-state index contributed by atoms with van der Waals surface area (Å²) >= 11 is 0. The Morgan fingerprint density at radius 3 is 2.81 bits per heavy atom. The van der Waals surface area contributed by atoms with E-state index in [1.165, 1.54) is 0 Å². The van der Waals surface area contributed by atoms with Crippen LogP contribution in [0.5, 0.6) is 0 Å². The summed E-state index contributed by atoms with van der Waals surface area (Å²) in [4.78, 5) is 31.0. The molecule has 1 saturated heterocycles. The fourth-order valence-electron chi connectivity index (χ4n) is 3.45. The SMILES string of the molecule is Cc1cccc(C(C)C)c1N1CC(C(=O)NCc2cccnc2)CC1=O. The third kappa shape index (κ3) is 3.77. The van der Waals surface area contributed by atoms with Gasteiger partial charge in [-0.3, -0.25) is 14.6 Å². The number of aryl methyl sites for hydroxylation is 1. The molecule has 3 rings (SSSR count). The van der Waals surface area contributed by atoms with Crippen molar-refractivity contribution in [3.8, 4) is 0 Å². The van der Waals surface area contributed by atoms with Crippen molar-refractivity contribution in [3.05, 3.63) is 59.4 Å². The quantitative estimate of drug-likeness (QED) is 0.900. The molecule has 1 N–H and O–H groups in total. The summed E-state index contributed by atoms with van der Waals surface area (Å²) in [5, 5.41) is 2.93. The first-order chi connectivity index (χ1) is 12.5. The van der Waals surface area contributed by atoms with Crippen LogP contribution in [0.4, 0.5) is 5.69 Å². The molecule has 1 fully saturated rings. The molecule has 1 aromatic heterocycles. The fourth-order valence-corrected chi connectivity index (χ4v) is 3.45. The van der Waals surface area contributed by atoms with Crippen molar-refractivity contribution < 1.29 is 9.59 Å². The van der Waals surface area contributed by atoms with Gasteiger partial charge in [-0.25, -0.2) is 0 Å². The molecule has 136 valence electrons. The topological polar surface area (TPSA) is 62.3 Å². The van der Waals surface area contributed by atoms with Crippen molar-refractivity contribution in [2.75, 3.05) is 11.4 Å². The van der Waals surface area contributed by atoms with Gasteiger partial charge in [-0.1, -0.05) is 38.1 Å². The Morgan fingerprint density at radius 2 is 2.12 bits per heavy atom. The fraction of sp³-hybridized carbons (Fsp3) is 0.381. The highest BCUT2D eigenvalue weighted by molar-refractivity contribution is 6.01. The van der Waals surface area contributed by atoms with Crippen LogP contribution < -0.4 is 10.2 Å². The predicted molar refractivity (Wildman–Crippen MR) is 102 cm³/mol. The molecule has 1 aliphatic heterocycles. The number of aromatic nitrogens is 1. The highest BCUT2D eigenvalue weighted by Gasteiger charge is 2.36. The summed E-state index contributed by atoms with van der Waals surface area (Å²) in [6.07, 6.45) is 3.69. The lowest BCUT2D eigenvalue weighted by atomic mass is 9.97. The molecule has 26 heavy (non-hydrogen) atoms. The minimum atomic E-state index is -0.321. The molecule has 0 aliphatic carbocycles. The van der Waals surface area contributed by atoms with E-state index < -0.39 is 0 Å². The van der Waals surface area contributed by atoms with Crippen molar-refractivity contribution in [2.45, 2.75) is 39.7 Å². The molecule has 2 heterocycles. The summed E-state index contributed by atoms with van der Waals surface area (Å²) in [6.45, 7) is 7.12. The van der Waals surface area contributed by atoms with E-state index in [4.69, 9.17) is 0 Å². The van der Waals surface area contributed by atoms with Gasteiger partial charge < -0.3 is 10.2 Å². The third-order valence-electron chi connectivity index (χ3n) is 4.85. The molecule has 1 unspecified atom stereocenters. The molecule has 2 aromatic rings. The van der Waals surface area contributed by atoms with Crippen LogP contribution in [0.1, 0.15) is 42.9 Å². The van der Waals surface area contributed by atoms with Crippen LogP contribution in [0, 0.1) is 12.8 Å². The Hall–Kier alpha value is -2.69. The number of hydrogen-bond donors (Lipinski definition) is 1. The summed E-state index contributed by atoms with van der Waals surface area (Å²) in [5.41, 5.74) is 4.13. The number of nitrogens with zero attached hydrogens (tertiary/aromatic N) is 2. The molecule has 5 heteroatoms. The van der Waals surface area contributed by atoms with E-state index in [2.05, 4.69) is 30.2 Å². The van der Waals surface area contributed by atoms with Crippen LogP contribution in [0.15, 0.2) is 42.7 Å². The Labute approximate surface area is 154 Å². The van der Waals surface area contributed by atoms with E-state index >= 15 is 0 Å². The van der Waals surface area contributed by atoms with Gasteiger partial charge in [0.05, 0.1) is 5.92 Å². The molecular weight excluding hydrogens is 326 g/mol. The lowest BCUT2D eigenvalue weighted by Crippen LogP contribution is -2.33. The average molecular weight is 351 g/mol. The number of carbonyl (C=O) groups is 2. The van der Waals surface area contributed by atoms with Crippen molar-refractivity contribution in [1.29, 1.82) is 0 Å². The standard InChI is InChI=1S/C21H25N3O2/c1-14(2)18-8-4-6-15(3)20(18)24-13-17(10-19(24)25)21(26)23-12-16-7-5-9-22-11-16/h4-9,11,14,17H,10,12-13H2,1-3H3,(H,23,26). The van der Waals surface area contributed by atoms with Crippen molar-refractivity contribution in [3.63, 3.8) is 0 Å². The molecule has 0 radical (unpaired) electrons. The second-order valence-corrected chi connectivity index (χ2v) is 7.15. The number of benzene rings is 1. The molecule has 1 atom stereocenters. The van der Waals surface area contributed by atoms with E-state index in [0.29, 0.717) is 19.0 Å². The number of pyridine rings is 1. The average Bonchev–Trinajstić information content (AvgIpc) is 3.01. The molecular formula is C21H25N3O2. The maximum absolute atomic E-state index is 12.6. The highest BCUT2D eigenvalue weighted by Crippen LogP contribution is 2.34. The smallest absolute Gasteiger partial charge is 0.227 e. The van der Waals surface area contributed by atoms with E-state index in [1.807, 2.05) is 31.2 Å². The number of carbonyl (C=O) groups excluding carboxylic acids is 2. The number of hydrogen-bond acceptors (Lipinski definition) is 3. The molecule has 1 aliphatic rings. The Bertz CT molecular complexity index is 802. The minimum absolute atomic E-state index is 0.0164. The molecule has 1 aromatic carbocycles. The number of amides is 2. The number of rotatable bonds is 5. The van der Waals surface area contributed by atoms with E-state index in [9.17, 15) is 9.59 Å². The summed E-state index contributed by atoms with van der Waals surface area (Å²) in [6, 6.07) is 9.86. The molecule has 0 saturated carbocycles. The maximum Gasteiger partial charge on any atom is 0.227 e. The molecule has 5 nitrogen and oxygen atoms in total. The number of nitrogens with one attached hydrogen (secondary N) is 1. The Balaban J connectivity index is 1.72. The predicted octanol–water partition coefficient (Wildman–Crippen LogP) is 3.18. The van der Waals surface area contributed by atoms with Crippen molar-refractivity contribution in [1.82, 2.24) is 10.3 Å². The van der Waals surface area contributed by atoms with E-state index in [-0.39, 0.29) is 24.2 Å². The van der Waals surface area contributed by atoms with Crippen LogP contribution in [-0.4, -0.2) is 23.3 Å². The van der Waals surface area contributed by atoms with Crippen LogP contribution in [0.25, 0.3) is 0 Å². The first kappa shape index (κ1) is 18.1. The third-order valence-corrected chi connectivity index (χ3v) is 4.85. The van der Waals surface area contributed by atoms with Gasteiger partial charge in [-0.05, 0) is 35.6 Å². The monoisotopic (exact) mass is 351 g/mol. The first-order valence-electron chi connectivity index (χ1n) is 9.04. The van der Waals surface area contributed by atoms with Crippen LogP contribution in [0.2, 0.25) is 0 Å². The van der Waals surface area contributed by atoms with Crippen LogP contribution in [-0.2, 0) is 16.1 Å². The number of anilines is 1. The van der Waals surface area contributed by atoms with Gasteiger partial charge in [0.15, 0.2) is 0 Å². The zero-order valence-electron chi connectivity index (χ0n) is 15.5. The van der Waals surface area contributed by atoms with Gasteiger partial charge in [0.2, 0.25) is 11.8 Å². The van der Waals surface area contributed by atoms with Crippen molar-refractivity contribution >= 4 is 17.5 Å². The Morgan fingerprint density at radius 1 is 1.31 bits per heavy atom. The summed E-state index contributed by atoms with van der Waals surface area (Å²) in [5.74, 6) is -0.0675. The molecule has 0 bridgehead atoms. The van der Waals surface area contributed by atoms with Gasteiger partial charge in [-0.15, -0.1) is 0 Å². The van der Waals surface area contributed by atoms with Gasteiger partial charge >= 0.3 is 0 Å². The second-order valence-electron chi connectivity index (χ2n) is 7.15. The first-order valence-corrected chi connectivity index (χ1v) is 9.04. The zero-order valence-corrected chi connectivity index (χ0v) is 15.5. The highest BCUT2D eigenvalue weighted by atomic mass is 16.2.